The van der Waals surface area contributed by atoms with Crippen molar-refractivity contribution in [2.75, 3.05) is 18.0 Å². The van der Waals surface area contributed by atoms with Crippen molar-refractivity contribution >= 4 is 49.3 Å². The van der Waals surface area contributed by atoms with Crippen LogP contribution in [0.15, 0.2) is 104 Å². The maximum absolute atomic E-state index is 11.4. The number of rotatable bonds is 9. The van der Waals surface area contributed by atoms with Crippen molar-refractivity contribution in [3.63, 3.8) is 0 Å². The minimum absolute atomic E-state index is 0.248. The fourth-order valence-electron chi connectivity index (χ4n) is 3.97. The lowest BCUT2D eigenvalue weighted by atomic mass is 10.1. The maximum atomic E-state index is 11.4. The van der Waals surface area contributed by atoms with Gasteiger partial charge in [-0.25, -0.2) is 0 Å². The van der Waals surface area contributed by atoms with E-state index in [0.717, 1.165) is 34.3 Å². The van der Waals surface area contributed by atoms with Crippen molar-refractivity contribution in [2.45, 2.75) is 25.2 Å². The molecule has 0 radical (unpaired) electrons. The van der Waals surface area contributed by atoms with E-state index >= 15 is 0 Å². The summed E-state index contributed by atoms with van der Waals surface area (Å²) < 4.78 is 32.1. The topological polar surface area (TPSA) is 131 Å². The Morgan fingerprint density at radius 1 is 0.842 bits per heavy atom. The van der Waals surface area contributed by atoms with Crippen LogP contribution in [0, 0.1) is 18.3 Å². The number of fused-ring (bicyclic) bond motifs is 1. The monoisotopic (exact) mass is 526 g/mol. The molecule has 0 aliphatic rings. The molecule has 0 heterocycles. The smallest absolute Gasteiger partial charge is 0.294 e. The quantitative estimate of drug-likeness (QED) is 0.174. The highest BCUT2D eigenvalue weighted by atomic mass is 32.2. The summed E-state index contributed by atoms with van der Waals surface area (Å²) in [6.45, 7) is 5.53. The van der Waals surface area contributed by atoms with Crippen molar-refractivity contribution in [3.05, 3.63) is 84.4 Å². The summed E-state index contributed by atoms with van der Waals surface area (Å²) in [6, 6.07) is 25.0. The van der Waals surface area contributed by atoms with Gasteiger partial charge in [-0.2, -0.15) is 23.9 Å². The minimum Gasteiger partial charge on any atom is -0.371 e. The summed E-state index contributed by atoms with van der Waals surface area (Å²) in [5.41, 5.74) is 4.30. The van der Waals surface area contributed by atoms with Crippen LogP contribution in [-0.4, -0.2) is 26.1 Å². The third kappa shape index (κ3) is 6.26. The molecule has 0 fully saturated rings. The van der Waals surface area contributed by atoms with E-state index in [4.69, 9.17) is 5.26 Å². The average molecular weight is 527 g/mol. The van der Waals surface area contributed by atoms with Gasteiger partial charge in [0.1, 0.15) is 0 Å². The second kappa shape index (κ2) is 11.7. The van der Waals surface area contributed by atoms with E-state index in [1.807, 2.05) is 49.4 Å². The van der Waals surface area contributed by atoms with Crippen LogP contribution in [0.25, 0.3) is 10.8 Å². The lowest BCUT2D eigenvalue weighted by molar-refractivity contribution is 0.483. The van der Waals surface area contributed by atoms with Crippen molar-refractivity contribution in [2.24, 2.45) is 20.5 Å². The van der Waals surface area contributed by atoms with Crippen LogP contribution in [0.5, 0.6) is 0 Å². The predicted molar refractivity (Wildman–Crippen MR) is 148 cm³/mol. The van der Waals surface area contributed by atoms with E-state index in [0.29, 0.717) is 30.0 Å². The van der Waals surface area contributed by atoms with Crippen molar-refractivity contribution < 1.29 is 13.0 Å². The molecule has 0 spiro atoms. The van der Waals surface area contributed by atoms with Crippen LogP contribution in [0.1, 0.15) is 18.9 Å². The van der Waals surface area contributed by atoms with Gasteiger partial charge in [0.2, 0.25) is 0 Å². The first kappa shape index (κ1) is 26.6. The highest BCUT2D eigenvalue weighted by Gasteiger charge is 2.10. The van der Waals surface area contributed by atoms with Crippen LogP contribution in [0.2, 0.25) is 0 Å². The lowest BCUT2D eigenvalue weighted by Crippen LogP contribution is -2.23. The zero-order valence-corrected chi connectivity index (χ0v) is 21.8. The standard InChI is InChI=1S/C28H26N6O3S/c1-3-34(17-7-16-29)22-12-13-26(20(2)18-22)31-33-28-15-14-27(24-10-4-5-11-25(24)28)32-30-21-8-6-9-23(19-21)38(35,36)37/h4-6,8-15,18-19H,3,7,17H2,1-2H3,(H,35,36,37). The number of anilines is 1. The molecule has 0 bridgehead atoms. The van der Waals surface area contributed by atoms with E-state index in [1.54, 1.807) is 18.2 Å². The molecule has 0 atom stereocenters. The van der Waals surface area contributed by atoms with Gasteiger partial charge in [0.05, 0.1) is 40.1 Å². The molecule has 0 saturated carbocycles. The molecular formula is C28H26N6O3S. The molecule has 0 saturated heterocycles. The first-order valence-electron chi connectivity index (χ1n) is 12.0. The second-order valence-corrected chi connectivity index (χ2v) is 9.90. The molecule has 4 aromatic rings. The van der Waals surface area contributed by atoms with Gasteiger partial charge in [0, 0.05) is 29.5 Å². The molecular weight excluding hydrogens is 500 g/mol. The van der Waals surface area contributed by atoms with Gasteiger partial charge in [0.25, 0.3) is 10.1 Å². The second-order valence-electron chi connectivity index (χ2n) is 8.48. The third-order valence-electron chi connectivity index (χ3n) is 5.95. The Morgan fingerprint density at radius 2 is 1.47 bits per heavy atom. The van der Waals surface area contributed by atoms with Gasteiger partial charge in [-0.1, -0.05) is 30.3 Å². The number of azo groups is 2. The summed E-state index contributed by atoms with van der Waals surface area (Å²) in [6.07, 6.45) is 0.466. The highest BCUT2D eigenvalue weighted by Crippen LogP contribution is 2.36. The molecule has 0 amide bonds. The number of nitriles is 1. The van der Waals surface area contributed by atoms with Crippen molar-refractivity contribution in [1.82, 2.24) is 0 Å². The molecule has 0 aromatic heterocycles. The van der Waals surface area contributed by atoms with E-state index in [2.05, 4.69) is 38.3 Å². The molecule has 4 rings (SSSR count). The van der Waals surface area contributed by atoms with Gasteiger partial charge in [-0.15, -0.1) is 10.2 Å². The average Bonchev–Trinajstić information content (AvgIpc) is 2.92. The van der Waals surface area contributed by atoms with Crippen LogP contribution >= 0.6 is 0 Å². The Kier molecular flexibility index (Phi) is 8.21. The van der Waals surface area contributed by atoms with Gasteiger partial charge in [0.15, 0.2) is 0 Å². The van der Waals surface area contributed by atoms with E-state index in [9.17, 15) is 13.0 Å². The van der Waals surface area contributed by atoms with Crippen LogP contribution < -0.4 is 4.90 Å². The summed E-state index contributed by atoms with van der Waals surface area (Å²) in [5.74, 6) is 0. The van der Waals surface area contributed by atoms with Gasteiger partial charge < -0.3 is 4.90 Å². The zero-order chi connectivity index (χ0) is 27.1. The first-order valence-corrected chi connectivity index (χ1v) is 13.4. The lowest BCUT2D eigenvalue weighted by Gasteiger charge is -2.22. The minimum atomic E-state index is -4.33. The number of aryl methyl sites for hydroxylation is 1. The number of hydrogen-bond donors (Lipinski definition) is 1. The Morgan fingerprint density at radius 3 is 2.08 bits per heavy atom. The fourth-order valence-corrected chi connectivity index (χ4v) is 4.49. The Balaban J connectivity index is 1.62. The van der Waals surface area contributed by atoms with Gasteiger partial charge >= 0.3 is 0 Å². The van der Waals surface area contributed by atoms with Crippen LogP contribution in [0.3, 0.4) is 0 Å². The zero-order valence-electron chi connectivity index (χ0n) is 21.0. The van der Waals surface area contributed by atoms with Crippen LogP contribution in [-0.2, 0) is 10.1 Å². The highest BCUT2D eigenvalue weighted by molar-refractivity contribution is 7.85. The summed E-state index contributed by atoms with van der Waals surface area (Å²) in [4.78, 5) is 1.90. The maximum Gasteiger partial charge on any atom is 0.294 e. The molecule has 0 aliphatic carbocycles. The summed E-state index contributed by atoms with van der Waals surface area (Å²) in [5, 5.41) is 28.0. The van der Waals surface area contributed by atoms with E-state index in [-0.39, 0.29) is 4.90 Å². The van der Waals surface area contributed by atoms with Gasteiger partial charge in [-0.05, 0) is 67.9 Å². The van der Waals surface area contributed by atoms with Gasteiger partial charge in [-0.3, -0.25) is 4.55 Å². The SMILES string of the molecule is CCN(CCC#N)c1ccc(N=Nc2ccc(N=Nc3cccc(S(=O)(=O)O)c3)c3ccccc23)c(C)c1. The van der Waals surface area contributed by atoms with Crippen molar-refractivity contribution in [1.29, 1.82) is 5.26 Å². The molecule has 0 unspecified atom stereocenters. The number of benzene rings is 4. The fraction of sp³-hybridized carbons (Fsp3) is 0.179. The molecule has 4 aromatic carbocycles. The normalized spacial score (nSPS) is 11.8. The largest absolute Gasteiger partial charge is 0.371 e. The number of hydrogen-bond acceptors (Lipinski definition) is 8. The summed E-state index contributed by atoms with van der Waals surface area (Å²) >= 11 is 0. The number of nitrogens with zero attached hydrogens (tertiary/aromatic N) is 6. The predicted octanol–water partition coefficient (Wildman–Crippen LogP) is 7.97. The van der Waals surface area contributed by atoms with E-state index < -0.39 is 10.1 Å². The molecule has 192 valence electrons. The molecule has 38 heavy (non-hydrogen) atoms. The van der Waals surface area contributed by atoms with E-state index in [1.165, 1.54) is 18.2 Å². The van der Waals surface area contributed by atoms with Crippen LogP contribution in [0.4, 0.5) is 28.4 Å². The first-order chi connectivity index (χ1) is 18.3. The Hall–Kier alpha value is -4.46. The Labute approximate surface area is 221 Å². The Bertz CT molecular complexity index is 1680. The molecule has 10 heteroatoms. The third-order valence-corrected chi connectivity index (χ3v) is 6.80. The molecule has 0 aliphatic heterocycles. The molecule has 1 N–H and O–H groups in total. The van der Waals surface area contributed by atoms with Crippen molar-refractivity contribution in [3.8, 4) is 6.07 Å². The summed E-state index contributed by atoms with van der Waals surface area (Å²) in [7, 11) is -4.33. The molecule has 9 nitrogen and oxygen atoms in total.